The monoisotopic (exact) mass is 269 g/mol. The SMILES string of the molecule is COc1c(F)cccc1-c1cccc2c(N)cnnc12. The number of para-hydroxylation sites is 1. The maximum Gasteiger partial charge on any atom is 0.165 e. The minimum absolute atomic E-state index is 0.184. The van der Waals surface area contributed by atoms with Crippen LogP contribution in [0.4, 0.5) is 10.1 Å². The fourth-order valence-electron chi connectivity index (χ4n) is 2.25. The lowest BCUT2D eigenvalue weighted by molar-refractivity contribution is 0.388. The zero-order valence-electron chi connectivity index (χ0n) is 10.8. The van der Waals surface area contributed by atoms with E-state index < -0.39 is 5.82 Å². The molecule has 2 N–H and O–H groups in total. The Labute approximate surface area is 115 Å². The number of hydrogen-bond acceptors (Lipinski definition) is 4. The average Bonchev–Trinajstić information content (AvgIpc) is 2.47. The molecule has 5 heteroatoms. The predicted molar refractivity (Wildman–Crippen MR) is 75.9 cm³/mol. The van der Waals surface area contributed by atoms with Crippen LogP contribution < -0.4 is 10.5 Å². The summed E-state index contributed by atoms with van der Waals surface area (Å²) >= 11 is 0. The van der Waals surface area contributed by atoms with E-state index in [1.54, 1.807) is 12.1 Å². The third kappa shape index (κ3) is 1.84. The molecule has 0 aliphatic carbocycles. The van der Waals surface area contributed by atoms with Gasteiger partial charge in [-0.05, 0) is 6.07 Å². The maximum atomic E-state index is 13.8. The van der Waals surface area contributed by atoms with E-state index in [1.807, 2.05) is 18.2 Å². The molecule has 0 bridgehead atoms. The first-order chi connectivity index (χ1) is 9.72. The highest BCUT2D eigenvalue weighted by atomic mass is 19.1. The number of halogens is 1. The molecule has 0 amide bonds. The number of nitrogens with two attached hydrogens (primary N) is 1. The van der Waals surface area contributed by atoms with Crippen LogP contribution in [0.2, 0.25) is 0 Å². The molecular weight excluding hydrogens is 257 g/mol. The summed E-state index contributed by atoms with van der Waals surface area (Å²) in [5.74, 6) is -0.233. The molecule has 3 rings (SSSR count). The first-order valence-corrected chi connectivity index (χ1v) is 6.05. The number of rotatable bonds is 2. The minimum Gasteiger partial charge on any atom is -0.493 e. The fraction of sp³-hybridized carbons (Fsp3) is 0.0667. The Hall–Kier alpha value is -2.69. The summed E-state index contributed by atoms with van der Waals surface area (Å²) in [7, 11) is 1.44. The van der Waals surface area contributed by atoms with Crippen LogP contribution in [0.15, 0.2) is 42.6 Å². The molecule has 0 saturated heterocycles. The van der Waals surface area contributed by atoms with Gasteiger partial charge in [-0.15, -0.1) is 5.10 Å². The highest BCUT2D eigenvalue weighted by molar-refractivity contribution is 6.00. The molecule has 100 valence electrons. The van der Waals surface area contributed by atoms with Gasteiger partial charge >= 0.3 is 0 Å². The topological polar surface area (TPSA) is 61.0 Å². The van der Waals surface area contributed by atoms with Crippen LogP contribution in [0.3, 0.4) is 0 Å². The number of methoxy groups -OCH3 is 1. The summed E-state index contributed by atoms with van der Waals surface area (Å²) in [6.45, 7) is 0. The Morgan fingerprint density at radius 1 is 1.10 bits per heavy atom. The Kier molecular flexibility index (Phi) is 2.95. The molecule has 3 aromatic rings. The molecule has 0 unspecified atom stereocenters. The van der Waals surface area contributed by atoms with Crippen molar-refractivity contribution in [3.05, 3.63) is 48.4 Å². The van der Waals surface area contributed by atoms with Gasteiger partial charge in [0.05, 0.1) is 19.0 Å². The van der Waals surface area contributed by atoms with E-state index in [1.165, 1.54) is 19.4 Å². The molecule has 0 fully saturated rings. The van der Waals surface area contributed by atoms with E-state index in [0.29, 0.717) is 16.8 Å². The lowest BCUT2D eigenvalue weighted by Gasteiger charge is -2.11. The van der Waals surface area contributed by atoms with Gasteiger partial charge in [0.2, 0.25) is 0 Å². The fourth-order valence-corrected chi connectivity index (χ4v) is 2.25. The van der Waals surface area contributed by atoms with Gasteiger partial charge in [0.1, 0.15) is 5.52 Å². The van der Waals surface area contributed by atoms with Crippen LogP contribution in [0.5, 0.6) is 5.75 Å². The summed E-state index contributed by atoms with van der Waals surface area (Å²) < 4.78 is 19.0. The van der Waals surface area contributed by atoms with Crippen molar-refractivity contribution in [2.45, 2.75) is 0 Å². The number of ether oxygens (including phenoxy) is 1. The van der Waals surface area contributed by atoms with Crippen molar-refractivity contribution in [3.8, 4) is 16.9 Å². The van der Waals surface area contributed by atoms with E-state index in [0.717, 1.165) is 10.9 Å². The normalized spacial score (nSPS) is 10.7. The van der Waals surface area contributed by atoms with Crippen LogP contribution in [-0.4, -0.2) is 17.3 Å². The Morgan fingerprint density at radius 2 is 1.85 bits per heavy atom. The van der Waals surface area contributed by atoms with Gasteiger partial charge in [0.25, 0.3) is 0 Å². The van der Waals surface area contributed by atoms with E-state index in [9.17, 15) is 4.39 Å². The quantitative estimate of drug-likeness (QED) is 0.776. The maximum absolute atomic E-state index is 13.8. The lowest BCUT2D eigenvalue weighted by atomic mass is 10.0. The van der Waals surface area contributed by atoms with Gasteiger partial charge in [-0.25, -0.2) is 4.39 Å². The molecule has 1 aromatic heterocycles. The van der Waals surface area contributed by atoms with Gasteiger partial charge in [-0.1, -0.05) is 30.3 Å². The third-order valence-corrected chi connectivity index (χ3v) is 3.16. The first kappa shape index (κ1) is 12.3. The molecule has 1 heterocycles. The van der Waals surface area contributed by atoms with E-state index >= 15 is 0 Å². The summed E-state index contributed by atoms with van der Waals surface area (Å²) in [6, 6.07) is 10.3. The smallest absolute Gasteiger partial charge is 0.165 e. The Bertz CT molecular complexity index is 789. The van der Waals surface area contributed by atoms with E-state index in [4.69, 9.17) is 10.5 Å². The average molecular weight is 269 g/mol. The number of aromatic nitrogens is 2. The molecular formula is C15H12FN3O. The van der Waals surface area contributed by atoms with E-state index in [2.05, 4.69) is 10.2 Å². The highest BCUT2D eigenvalue weighted by Gasteiger charge is 2.14. The molecule has 0 radical (unpaired) electrons. The lowest BCUT2D eigenvalue weighted by Crippen LogP contribution is -1.96. The van der Waals surface area contributed by atoms with Gasteiger partial charge < -0.3 is 10.5 Å². The van der Waals surface area contributed by atoms with Gasteiger partial charge in [-0.3, -0.25) is 0 Å². The minimum atomic E-state index is -0.418. The zero-order valence-corrected chi connectivity index (χ0v) is 10.8. The van der Waals surface area contributed by atoms with Gasteiger partial charge in [0.15, 0.2) is 11.6 Å². The summed E-state index contributed by atoms with van der Waals surface area (Å²) in [5.41, 5.74) is 8.41. The number of nitrogens with zero attached hydrogens (tertiary/aromatic N) is 2. The van der Waals surface area contributed by atoms with Gasteiger partial charge in [-0.2, -0.15) is 5.10 Å². The number of fused-ring (bicyclic) bond motifs is 1. The second kappa shape index (κ2) is 4.77. The molecule has 0 aliphatic rings. The first-order valence-electron chi connectivity index (χ1n) is 6.05. The van der Waals surface area contributed by atoms with Gasteiger partial charge in [0, 0.05) is 16.5 Å². The summed E-state index contributed by atoms with van der Waals surface area (Å²) in [5, 5.41) is 8.76. The summed E-state index contributed by atoms with van der Waals surface area (Å²) in [4.78, 5) is 0. The summed E-state index contributed by atoms with van der Waals surface area (Å²) in [6.07, 6.45) is 1.49. The number of nitrogen functional groups attached to an aromatic ring is 1. The third-order valence-electron chi connectivity index (χ3n) is 3.16. The van der Waals surface area contributed by atoms with Crippen molar-refractivity contribution in [1.29, 1.82) is 0 Å². The molecule has 0 aliphatic heterocycles. The van der Waals surface area contributed by atoms with Crippen molar-refractivity contribution in [1.82, 2.24) is 10.2 Å². The van der Waals surface area contributed by atoms with Crippen molar-refractivity contribution >= 4 is 16.6 Å². The Morgan fingerprint density at radius 3 is 2.65 bits per heavy atom. The van der Waals surface area contributed by atoms with Crippen LogP contribution in [0, 0.1) is 5.82 Å². The highest BCUT2D eigenvalue weighted by Crippen LogP contribution is 2.36. The van der Waals surface area contributed by atoms with Crippen LogP contribution >= 0.6 is 0 Å². The standard InChI is InChI=1S/C15H12FN3O/c1-20-15-10(5-3-7-12(15)16)9-4-2-6-11-13(17)8-18-19-14(9)11/h2-8H,1H3,(H2,17,19). The molecule has 20 heavy (non-hydrogen) atoms. The number of hydrogen-bond donors (Lipinski definition) is 1. The Balaban J connectivity index is 2.36. The van der Waals surface area contributed by atoms with Crippen molar-refractivity contribution in [3.63, 3.8) is 0 Å². The number of anilines is 1. The molecule has 0 spiro atoms. The van der Waals surface area contributed by atoms with Crippen molar-refractivity contribution in [2.75, 3.05) is 12.8 Å². The second-order valence-corrected chi connectivity index (χ2v) is 4.32. The van der Waals surface area contributed by atoms with Crippen molar-refractivity contribution < 1.29 is 9.13 Å². The second-order valence-electron chi connectivity index (χ2n) is 4.32. The molecule has 0 saturated carbocycles. The molecule has 0 atom stereocenters. The zero-order chi connectivity index (χ0) is 14.1. The number of benzene rings is 2. The largest absolute Gasteiger partial charge is 0.493 e. The van der Waals surface area contributed by atoms with Crippen molar-refractivity contribution in [2.24, 2.45) is 0 Å². The molecule has 4 nitrogen and oxygen atoms in total. The van der Waals surface area contributed by atoms with Crippen LogP contribution in [-0.2, 0) is 0 Å². The van der Waals surface area contributed by atoms with Crippen LogP contribution in [0.1, 0.15) is 0 Å². The molecule has 2 aromatic carbocycles. The van der Waals surface area contributed by atoms with E-state index in [-0.39, 0.29) is 5.75 Å². The van der Waals surface area contributed by atoms with Crippen LogP contribution in [0.25, 0.3) is 22.0 Å². The predicted octanol–water partition coefficient (Wildman–Crippen LogP) is 3.03.